The van der Waals surface area contributed by atoms with E-state index in [-0.39, 0.29) is 108 Å². The van der Waals surface area contributed by atoms with Crippen LogP contribution in [0.1, 0.15) is 205 Å². The van der Waals surface area contributed by atoms with Crippen LogP contribution in [0.25, 0.3) is 0 Å². The van der Waals surface area contributed by atoms with Crippen molar-refractivity contribution in [3.05, 3.63) is 18.7 Å². The summed E-state index contributed by atoms with van der Waals surface area (Å²) < 4.78 is 35.1. The molecule has 4 aliphatic carbocycles. The lowest BCUT2D eigenvalue weighted by Crippen LogP contribution is -2.36. The number of carbonyl (C=O) groups excluding carboxylic acids is 7. The Kier molecular flexibility index (Phi) is 28.2. The normalized spacial score (nSPS) is 17.3. The molecule has 16 nitrogen and oxygen atoms in total. The maximum absolute atomic E-state index is 13.5. The van der Waals surface area contributed by atoms with Gasteiger partial charge in [0.15, 0.2) is 0 Å². The monoisotopic (exact) mass is 1010 g/mol. The Labute approximate surface area is 429 Å². The average Bonchev–Trinajstić information content (AvgIpc) is 3.96. The number of aromatic nitrogens is 2. The second-order valence-corrected chi connectivity index (χ2v) is 21.4. The summed E-state index contributed by atoms with van der Waals surface area (Å²) in [5.41, 5.74) is 0. The first-order valence-electron chi connectivity index (χ1n) is 28.3. The van der Waals surface area contributed by atoms with Gasteiger partial charge in [-0.2, -0.15) is 0 Å². The molecule has 4 saturated carbocycles. The van der Waals surface area contributed by atoms with Crippen LogP contribution in [0.4, 0.5) is 4.79 Å². The SMILES string of the molecule is O=C(CCCN(CCCC(=O)OCC(COC(=O)CCC1CCCCC1)COC(=O)CCC1CCCCC1)C(=O)n1ccnc1)OCC(COC(=O)CCC1CCCCC1)COC(=O)CCC1CCCCC1. The number of ether oxygens (including phenoxy) is 6. The van der Waals surface area contributed by atoms with Crippen LogP contribution in [0.2, 0.25) is 0 Å². The molecule has 1 heterocycles. The number of carbonyl (C=O) groups is 7. The number of hydrogen-bond acceptors (Lipinski definition) is 14. The van der Waals surface area contributed by atoms with E-state index in [4.69, 9.17) is 28.4 Å². The molecule has 0 atom stereocenters. The first-order chi connectivity index (χ1) is 35.1. The molecule has 1 amide bonds. The minimum absolute atomic E-state index is 0.0114. The van der Waals surface area contributed by atoms with Crippen LogP contribution in [0.5, 0.6) is 0 Å². The van der Waals surface area contributed by atoms with Gasteiger partial charge < -0.3 is 33.3 Å². The third kappa shape index (κ3) is 25.0. The van der Waals surface area contributed by atoms with Gasteiger partial charge in [0.05, 0.1) is 11.8 Å². The topological polar surface area (TPSA) is 196 Å². The van der Waals surface area contributed by atoms with Crippen molar-refractivity contribution in [1.29, 1.82) is 0 Å². The van der Waals surface area contributed by atoms with Crippen LogP contribution in [0.3, 0.4) is 0 Å². The fourth-order valence-corrected chi connectivity index (χ4v) is 10.8. The molecular formula is C56H89N3O13. The van der Waals surface area contributed by atoms with Gasteiger partial charge in [0, 0.05) is 64.0 Å². The first-order valence-corrected chi connectivity index (χ1v) is 28.3. The minimum atomic E-state index is -0.530. The Morgan fingerprint density at radius 2 is 0.694 bits per heavy atom. The highest BCUT2D eigenvalue weighted by atomic mass is 16.6. The number of imidazole rings is 1. The van der Waals surface area contributed by atoms with Crippen molar-refractivity contribution >= 4 is 41.8 Å². The van der Waals surface area contributed by atoms with Crippen molar-refractivity contribution in [2.24, 2.45) is 35.5 Å². The van der Waals surface area contributed by atoms with Crippen molar-refractivity contribution in [2.45, 2.75) is 205 Å². The molecule has 0 saturated heterocycles. The van der Waals surface area contributed by atoms with Gasteiger partial charge >= 0.3 is 41.8 Å². The molecule has 0 aliphatic heterocycles. The van der Waals surface area contributed by atoms with E-state index in [1.165, 1.54) is 105 Å². The minimum Gasteiger partial charge on any atom is -0.465 e. The lowest BCUT2D eigenvalue weighted by atomic mass is 9.86. The van der Waals surface area contributed by atoms with Crippen LogP contribution in [0, 0.1) is 35.5 Å². The summed E-state index contributed by atoms with van der Waals surface area (Å²) in [7, 11) is 0. The number of esters is 6. The maximum atomic E-state index is 13.5. The summed E-state index contributed by atoms with van der Waals surface area (Å²) in [5.74, 6) is -1.17. The van der Waals surface area contributed by atoms with Crippen molar-refractivity contribution < 1.29 is 62.0 Å². The zero-order valence-electron chi connectivity index (χ0n) is 43.6. The van der Waals surface area contributed by atoms with E-state index in [2.05, 4.69) is 4.98 Å². The fraction of sp³-hybridized carbons (Fsp3) is 0.821. The van der Waals surface area contributed by atoms with E-state index in [1.54, 1.807) is 0 Å². The Morgan fingerprint density at radius 1 is 0.417 bits per heavy atom. The second kappa shape index (κ2) is 34.8. The molecular weight excluding hydrogens is 923 g/mol. The van der Waals surface area contributed by atoms with E-state index < -0.39 is 23.8 Å². The number of rotatable bonds is 32. The van der Waals surface area contributed by atoms with E-state index in [0.29, 0.717) is 49.4 Å². The van der Waals surface area contributed by atoms with Crippen LogP contribution < -0.4 is 0 Å². The van der Waals surface area contributed by atoms with E-state index in [9.17, 15) is 33.6 Å². The van der Waals surface area contributed by atoms with Crippen LogP contribution in [-0.2, 0) is 57.2 Å². The van der Waals surface area contributed by atoms with Gasteiger partial charge in [-0.3, -0.25) is 33.3 Å². The van der Waals surface area contributed by atoms with Gasteiger partial charge in [-0.1, -0.05) is 128 Å². The van der Waals surface area contributed by atoms with Crippen LogP contribution in [0.15, 0.2) is 18.7 Å². The van der Waals surface area contributed by atoms with Crippen LogP contribution in [-0.4, -0.2) is 109 Å². The lowest BCUT2D eigenvalue weighted by molar-refractivity contribution is -0.156. The third-order valence-corrected chi connectivity index (χ3v) is 15.4. The number of hydrogen-bond donors (Lipinski definition) is 0. The van der Waals surface area contributed by atoms with Gasteiger partial charge in [0.1, 0.15) is 46.0 Å². The molecule has 0 N–H and O–H groups in total. The highest BCUT2D eigenvalue weighted by Gasteiger charge is 2.24. The Bertz CT molecular complexity index is 1550. The molecule has 0 radical (unpaired) electrons. The summed E-state index contributed by atoms with van der Waals surface area (Å²) in [5, 5.41) is 0. The molecule has 406 valence electrons. The maximum Gasteiger partial charge on any atom is 0.329 e. The van der Waals surface area contributed by atoms with Gasteiger partial charge in [0.2, 0.25) is 0 Å². The fourth-order valence-electron chi connectivity index (χ4n) is 10.8. The summed E-state index contributed by atoms with van der Waals surface area (Å²) >= 11 is 0. The average molecular weight is 1010 g/mol. The second-order valence-electron chi connectivity index (χ2n) is 21.4. The highest BCUT2D eigenvalue weighted by Crippen LogP contribution is 2.30. The van der Waals surface area contributed by atoms with Gasteiger partial charge in [-0.15, -0.1) is 0 Å². The molecule has 0 bridgehead atoms. The zero-order valence-corrected chi connectivity index (χ0v) is 43.6. The standard InChI is InChI=1S/C56H89N3O13/c60-50(67-37-48(39-69-52(62)29-25-44-15-5-1-6-16-44)40-70-53(63)30-26-45-17-7-2-8-18-45)23-13-34-58(56(66)59-36-33-57-43-59)35-14-24-51(61)68-38-49(41-71-54(64)31-27-46-19-9-3-10-20-46)42-72-55(65)32-28-47-21-11-4-12-22-47/h33,36,43-49H,1-32,34-35,37-42H2. The van der Waals surface area contributed by atoms with Crippen molar-refractivity contribution in [3.63, 3.8) is 0 Å². The highest BCUT2D eigenvalue weighted by molar-refractivity contribution is 5.77. The van der Waals surface area contributed by atoms with Gasteiger partial charge in [0.25, 0.3) is 0 Å². The number of nitrogens with zero attached hydrogens (tertiary/aromatic N) is 3. The summed E-state index contributed by atoms with van der Waals surface area (Å²) in [6, 6.07) is -0.374. The van der Waals surface area contributed by atoms with E-state index in [1.807, 2.05) is 0 Å². The molecule has 5 rings (SSSR count). The number of amides is 1. The molecule has 0 unspecified atom stereocenters. The Morgan fingerprint density at radius 3 is 0.958 bits per heavy atom. The van der Waals surface area contributed by atoms with Crippen molar-refractivity contribution in [1.82, 2.24) is 14.5 Å². The summed E-state index contributed by atoms with van der Waals surface area (Å²) in [6.45, 7) is 0.0163. The largest absolute Gasteiger partial charge is 0.465 e. The zero-order chi connectivity index (χ0) is 51.0. The Balaban J connectivity index is 1.05. The molecule has 1 aromatic heterocycles. The van der Waals surface area contributed by atoms with Crippen LogP contribution >= 0.6 is 0 Å². The first kappa shape index (κ1) is 58.4. The van der Waals surface area contributed by atoms with E-state index >= 15 is 0 Å². The predicted molar refractivity (Wildman–Crippen MR) is 269 cm³/mol. The van der Waals surface area contributed by atoms with Crippen molar-refractivity contribution in [3.8, 4) is 0 Å². The quantitative estimate of drug-likeness (QED) is 0.0488. The third-order valence-electron chi connectivity index (χ3n) is 15.4. The van der Waals surface area contributed by atoms with Gasteiger partial charge in [-0.05, 0) is 62.2 Å². The molecule has 4 aliphatic rings. The summed E-state index contributed by atoms with van der Waals surface area (Å²) in [4.78, 5) is 96.1. The molecule has 0 aromatic carbocycles. The lowest BCUT2D eigenvalue weighted by Gasteiger charge is -2.23. The van der Waals surface area contributed by atoms with Gasteiger partial charge in [-0.25, -0.2) is 9.78 Å². The smallest absolute Gasteiger partial charge is 0.329 e. The molecule has 16 heteroatoms. The molecule has 72 heavy (non-hydrogen) atoms. The molecule has 4 fully saturated rings. The van der Waals surface area contributed by atoms with Crippen molar-refractivity contribution in [2.75, 3.05) is 52.7 Å². The molecule has 1 aromatic rings. The summed E-state index contributed by atoms with van der Waals surface area (Å²) in [6.07, 6.45) is 33.0. The van der Waals surface area contributed by atoms with E-state index in [0.717, 1.165) is 77.0 Å². The Hall–Kier alpha value is -4.50. The predicted octanol–water partition coefficient (Wildman–Crippen LogP) is 10.6. The molecule has 0 spiro atoms.